The molecule has 1 aromatic heterocycles. The first-order valence-corrected chi connectivity index (χ1v) is 7.39. The van der Waals surface area contributed by atoms with Gasteiger partial charge in [-0.05, 0) is 30.5 Å². The molecule has 0 aliphatic heterocycles. The summed E-state index contributed by atoms with van der Waals surface area (Å²) in [6, 6.07) is 18.0. The topological polar surface area (TPSA) is 38.0 Å². The van der Waals surface area contributed by atoms with E-state index in [0.29, 0.717) is 0 Å². The predicted molar refractivity (Wildman–Crippen MR) is 85.1 cm³/mol. The molecule has 3 nitrogen and oxygen atoms in total. The summed E-state index contributed by atoms with van der Waals surface area (Å²) in [6.45, 7) is 0. The number of hydrogen-bond donors (Lipinski definition) is 1. The number of fused-ring (bicyclic) bond motifs is 1. The van der Waals surface area contributed by atoms with E-state index in [1.54, 1.807) is 0 Å². The largest absolute Gasteiger partial charge is 0.388 e. The van der Waals surface area contributed by atoms with Crippen molar-refractivity contribution in [3.8, 4) is 0 Å². The molecular formula is C18H20N2O. The highest BCUT2D eigenvalue weighted by Gasteiger charge is 2.10. The van der Waals surface area contributed by atoms with E-state index >= 15 is 0 Å². The van der Waals surface area contributed by atoms with Crippen molar-refractivity contribution in [3.05, 3.63) is 66.0 Å². The van der Waals surface area contributed by atoms with Crippen molar-refractivity contribution >= 4 is 11.0 Å². The summed E-state index contributed by atoms with van der Waals surface area (Å²) in [5, 5.41) is 10.2. The lowest BCUT2D eigenvalue weighted by molar-refractivity contribution is 0.164. The lowest BCUT2D eigenvalue weighted by Crippen LogP contribution is -2.01. The van der Waals surface area contributed by atoms with Gasteiger partial charge in [0, 0.05) is 13.5 Å². The van der Waals surface area contributed by atoms with E-state index in [2.05, 4.69) is 22.7 Å². The zero-order chi connectivity index (χ0) is 14.7. The van der Waals surface area contributed by atoms with Gasteiger partial charge >= 0.3 is 0 Å². The number of aryl methyl sites for hydroxylation is 2. The molecule has 0 aliphatic rings. The van der Waals surface area contributed by atoms with Crippen LogP contribution >= 0.6 is 0 Å². The summed E-state index contributed by atoms with van der Waals surface area (Å²) in [6.07, 6.45) is 2.18. The van der Waals surface area contributed by atoms with Crippen LogP contribution in [0.2, 0.25) is 0 Å². The lowest BCUT2D eigenvalue weighted by Gasteiger charge is -2.10. The Morgan fingerprint density at radius 1 is 1.05 bits per heavy atom. The molecule has 0 amide bonds. The summed E-state index contributed by atoms with van der Waals surface area (Å²) in [4.78, 5) is 4.66. The fourth-order valence-electron chi connectivity index (χ4n) is 2.71. The third-order valence-electron chi connectivity index (χ3n) is 3.94. The molecule has 2 aromatic carbocycles. The molecule has 0 aliphatic carbocycles. The zero-order valence-corrected chi connectivity index (χ0v) is 12.2. The molecule has 1 atom stereocenters. The van der Waals surface area contributed by atoms with Crippen LogP contribution < -0.4 is 0 Å². The van der Waals surface area contributed by atoms with Gasteiger partial charge in [0.25, 0.3) is 0 Å². The van der Waals surface area contributed by atoms with E-state index in [4.69, 9.17) is 0 Å². The van der Waals surface area contributed by atoms with Gasteiger partial charge in [-0.25, -0.2) is 4.98 Å². The molecule has 3 heteroatoms. The first kappa shape index (κ1) is 13.8. The average molecular weight is 280 g/mol. The highest BCUT2D eigenvalue weighted by Crippen LogP contribution is 2.20. The van der Waals surface area contributed by atoms with Gasteiger partial charge in [0.1, 0.15) is 5.82 Å². The highest BCUT2D eigenvalue weighted by atomic mass is 16.3. The van der Waals surface area contributed by atoms with E-state index in [-0.39, 0.29) is 6.10 Å². The third kappa shape index (κ3) is 2.98. The van der Waals surface area contributed by atoms with Crippen molar-refractivity contribution in [2.75, 3.05) is 0 Å². The third-order valence-corrected chi connectivity index (χ3v) is 3.94. The minimum atomic E-state index is -0.388. The van der Waals surface area contributed by atoms with Gasteiger partial charge in [-0.1, -0.05) is 42.5 Å². The predicted octanol–water partition coefficient (Wildman–Crippen LogP) is 3.63. The number of aliphatic hydroxyl groups excluding tert-OH is 1. The average Bonchev–Trinajstić information content (AvgIpc) is 2.85. The monoisotopic (exact) mass is 280 g/mol. The van der Waals surface area contributed by atoms with E-state index in [9.17, 15) is 5.11 Å². The zero-order valence-electron chi connectivity index (χ0n) is 12.2. The van der Waals surface area contributed by atoms with Crippen LogP contribution in [-0.4, -0.2) is 14.7 Å². The second-order valence-corrected chi connectivity index (χ2v) is 5.39. The summed E-state index contributed by atoms with van der Waals surface area (Å²) < 4.78 is 2.14. The minimum Gasteiger partial charge on any atom is -0.388 e. The van der Waals surface area contributed by atoms with Crippen molar-refractivity contribution in [2.24, 2.45) is 7.05 Å². The normalized spacial score (nSPS) is 12.7. The van der Waals surface area contributed by atoms with Crippen LogP contribution in [0.4, 0.5) is 0 Å². The number of para-hydroxylation sites is 2. The Morgan fingerprint density at radius 2 is 1.76 bits per heavy atom. The maximum Gasteiger partial charge on any atom is 0.109 e. The van der Waals surface area contributed by atoms with E-state index in [1.165, 1.54) is 0 Å². The first-order valence-electron chi connectivity index (χ1n) is 7.39. The lowest BCUT2D eigenvalue weighted by atomic mass is 10.0. The quantitative estimate of drug-likeness (QED) is 0.775. The second kappa shape index (κ2) is 6.10. The van der Waals surface area contributed by atoms with Crippen molar-refractivity contribution in [2.45, 2.75) is 25.4 Å². The van der Waals surface area contributed by atoms with Crippen molar-refractivity contribution in [1.29, 1.82) is 0 Å². The summed E-state index contributed by atoms with van der Waals surface area (Å²) in [5.41, 5.74) is 3.19. The van der Waals surface area contributed by atoms with Gasteiger partial charge in [0.2, 0.25) is 0 Å². The first-order chi connectivity index (χ1) is 10.3. The van der Waals surface area contributed by atoms with Crippen LogP contribution in [0.15, 0.2) is 54.6 Å². The van der Waals surface area contributed by atoms with Gasteiger partial charge < -0.3 is 9.67 Å². The van der Waals surface area contributed by atoms with E-state index in [0.717, 1.165) is 41.7 Å². The number of benzene rings is 2. The van der Waals surface area contributed by atoms with Crippen molar-refractivity contribution in [3.63, 3.8) is 0 Å². The van der Waals surface area contributed by atoms with E-state index in [1.807, 2.05) is 48.5 Å². The van der Waals surface area contributed by atoms with E-state index < -0.39 is 0 Å². The number of aliphatic hydroxyl groups is 1. The number of imidazole rings is 1. The standard InChI is InChI=1S/C18H20N2O/c1-20-16-11-6-5-10-15(16)19-18(20)13-7-12-17(21)14-8-3-2-4-9-14/h2-6,8-11,17,21H,7,12-13H2,1H3. The Bertz CT molecular complexity index is 718. The molecule has 21 heavy (non-hydrogen) atoms. The molecule has 0 saturated heterocycles. The molecule has 0 fully saturated rings. The molecule has 0 spiro atoms. The fourth-order valence-corrected chi connectivity index (χ4v) is 2.71. The minimum absolute atomic E-state index is 0.388. The van der Waals surface area contributed by atoms with Crippen LogP contribution in [-0.2, 0) is 13.5 Å². The van der Waals surface area contributed by atoms with Crippen molar-refractivity contribution < 1.29 is 5.11 Å². The van der Waals surface area contributed by atoms with Crippen molar-refractivity contribution in [1.82, 2.24) is 9.55 Å². The maximum absolute atomic E-state index is 10.2. The molecule has 3 rings (SSSR count). The van der Waals surface area contributed by atoms with Gasteiger partial charge in [0.15, 0.2) is 0 Å². The fraction of sp³-hybridized carbons (Fsp3) is 0.278. The van der Waals surface area contributed by atoms with Crippen LogP contribution in [0.3, 0.4) is 0 Å². The van der Waals surface area contributed by atoms with Crippen LogP contribution in [0.1, 0.15) is 30.3 Å². The highest BCUT2D eigenvalue weighted by molar-refractivity contribution is 5.75. The molecule has 1 unspecified atom stereocenters. The Morgan fingerprint density at radius 3 is 2.52 bits per heavy atom. The number of aromatic nitrogens is 2. The molecule has 0 bridgehead atoms. The molecule has 1 heterocycles. The molecule has 0 radical (unpaired) electrons. The number of nitrogens with zero attached hydrogens (tertiary/aromatic N) is 2. The summed E-state index contributed by atoms with van der Waals surface area (Å²) in [7, 11) is 2.05. The molecular weight excluding hydrogens is 260 g/mol. The Balaban J connectivity index is 1.63. The summed E-state index contributed by atoms with van der Waals surface area (Å²) >= 11 is 0. The van der Waals surface area contributed by atoms with Gasteiger partial charge in [-0.15, -0.1) is 0 Å². The van der Waals surface area contributed by atoms with Gasteiger partial charge in [-0.3, -0.25) is 0 Å². The Labute approximate surface area is 124 Å². The molecule has 1 N–H and O–H groups in total. The van der Waals surface area contributed by atoms with Gasteiger partial charge in [-0.2, -0.15) is 0 Å². The van der Waals surface area contributed by atoms with Crippen LogP contribution in [0.5, 0.6) is 0 Å². The maximum atomic E-state index is 10.2. The number of hydrogen-bond acceptors (Lipinski definition) is 2. The smallest absolute Gasteiger partial charge is 0.109 e. The number of rotatable bonds is 5. The molecule has 3 aromatic rings. The van der Waals surface area contributed by atoms with Crippen LogP contribution in [0.25, 0.3) is 11.0 Å². The summed E-state index contributed by atoms with van der Waals surface area (Å²) in [5.74, 6) is 1.08. The SMILES string of the molecule is Cn1c(CCCC(O)c2ccccc2)nc2ccccc21. The molecule has 0 saturated carbocycles. The van der Waals surface area contributed by atoms with Gasteiger partial charge in [0.05, 0.1) is 17.1 Å². The second-order valence-electron chi connectivity index (χ2n) is 5.39. The van der Waals surface area contributed by atoms with Crippen LogP contribution in [0, 0.1) is 0 Å². The Hall–Kier alpha value is -2.13. The Kier molecular flexibility index (Phi) is 4.02. The molecule has 108 valence electrons.